The number of carboxylic acid groups (broad SMARTS) is 1. The maximum atomic E-state index is 11.8. The number of rotatable bonds is 5. The van der Waals surface area contributed by atoms with Gasteiger partial charge < -0.3 is 14.6 Å². The Morgan fingerprint density at radius 1 is 0.857 bits per heavy atom. The third kappa shape index (κ3) is 3.50. The molecule has 0 bridgehead atoms. The quantitative estimate of drug-likeness (QED) is 0.509. The summed E-state index contributed by atoms with van der Waals surface area (Å²) in [6.07, 6.45) is 0. The molecular formula is C23H17NO4. The Bertz CT molecular complexity index is 1140. The first-order valence-electron chi connectivity index (χ1n) is 8.69. The second-order valence-corrected chi connectivity index (χ2v) is 6.18. The van der Waals surface area contributed by atoms with Crippen molar-refractivity contribution in [3.05, 3.63) is 84.4 Å². The van der Waals surface area contributed by atoms with Gasteiger partial charge in [-0.2, -0.15) is 0 Å². The average Bonchev–Trinajstić information content (AvgIpc) is 2.73. The monoisotopic (exact) mass is 371 g/mol. The van der Waals surface area contributed by atoms with Crippen molar-refractivity contribution in [3.8, 4) is 28.5 Å². The highest BCUT2D eigenvalue weighted by Gasteiger charge is 2.14. The second-order valence-electron chi connectivity index (χ2n) is 6.18. The lowest BCUT2D eigenvalue weighted by Gasteiger charge is -2.10. The summed E-state index contributed by atoms with van der Waals surface area (Å²) in [5.74, 6) is 1.03. The molecule has 1 heterocycles. The number of nitrogens with zero attached hydrogens (tertiary/aromatic N) is 1. The lowest BCUT2D eigenvalue weighted by molar-refractivity contribution is 0.0699. The fourth-order valence-electron chi connectivity index (χ4n) is 2.98. The number of pyridine rings is 1. The molecule has 0 fully saturated rings. The molecular weight excluding hydrogens is 354 g/mol. The fourth-order valence-corrected chi connectivity index (χ4v) is 2.98. The number of fused-ring (bicyclic) bond motifs is 1. The summed E-state index contributed by atoms with van der Waals surface area (Å²) in [6.45, 7) is 0. The van der Waals surface area contributed by atoms with Crippen LogP contribution in [-0.4, -0.2) is 23.2 Å². The van der Waals surface area contributed by atoms with Crippen molar-refractivity contribution in [1.82, 2.24) is 4.98 Å². The lowest BCUT2D eigenvalue weighted by Crippen LogP contribution is -2.00. The Labute approximate surface area is 161 Å². The van der Waals surface area contributed by atoms with Crippen LogP contribution in [0.25, 0.3) is 22.2 Å². The Balaban J connectivity index is 1.71. The number of benzene rings is 3. The average molecular weight is 371 g/mol. The zero-order valence-electron chi connectivity index (χ0n) is 15.1. The molecule has 1 N–H and O–H groups in total. The van der Waals surface area contributed by atoms with Crippen LogP contribution in [0.15, 0.2) is 78.9 Å². The van der Waals surface area contributed by atoms with Crippen LogP contribution >= 0.6 is 0 Å². The van der Waals surface area contributed by atoms with Crippen molar-refractivity contribution in [1.29, 1.82) is 0 Å². The Kier molecular flexibility index (Phi) is 4.64. The highest BCUT2D eigenvalue weighted by Crippen LogP contribution is 2.29. The number of methoxy groups -OCH3 is 1. The Hall–Kier alpha value is -3.86. The fraction of sp³-hybridized carbons (Fsp3) is 0.0435. The molecule has 5 nitrogen and oxygen atoms in total. The summed E-state index contributed by atoms with van der Waals surface area (Å²) in [5.41, 5.74) is 2.17. The molecule has 28 heavy (non-hydrogen) atoms. The molecule has 0 aliphatic carbocycles. The van der Waals surface area contributed by atoms with Crippen molar-refractivity contribution in [3.63, 3.8) is 0 Å². The number of para-hydroxylation sites is 1. The van der Waals surface area contributed by atoms with Crippen molar-refractivity contribution in [2.45, 2.75) is 0 Å². The zero-order chi connectivity index (χ0) is 19.5. The van der Waals surface area contributed by atoms with Gasteiger partial charge in [0.15, 0.2) is 0 Å². The third-order valence-electron chi connectivity index (χ3n) is 4.38. The number of aromatic carboxylic acids is 1. The molecule has 0 amide bonds. The number of carboxylic acids is 1. The normalized spacial score (nSPS) is 10.6. The van der Waals surface area contributed by atoms with E-state index in [2.05, 4.69) is 4.98 Å². The van der Waals surface area contributed by atoms with Gasteiger partial charge in [0, 0.05) is 10.9 Å². The van der Waals surface area contributed by atoms with E-state index in [-0.39, 0.29) is 5.56 Å². The van der Waals surface area contributed by atoms with Crippen LogP contribution in [0, 0.1) is 0 Å². The zero-order valence-corrected chi connectivity index (χ0v) is 15.1. The van der Waals surface area contributed by atoms with E-state index in [0.29, 0.717) is 28.1 Å². The van der Waals surface area contributed by atoms with E-state index in [4.69, 9.17) is 9.47 Å². The predicted molar refractivity (Wildman–Crippen MR) is 107 cm³/mol. The summed E-state index contributed by atoms with van der Waals surface area (Å²) in [5, 5.41) is 10.2. The third-order valence-corrected chi connectivity index (χ3v) is 4.38. The molecule has 138 valence electrons. The molecule has 0 saturated heterocycles. The molecule has 0 saturated carbocycles. The number of hydrogen-bond acceptors (Lipinski definition) is 4. The van der Waals surface area contributed by atoms with Gasteiger partial charge in [-0.1, -0.05) is 18.2 Å². The van der Waals surface area contributed by atoms with Crippen LogP contribution in [0.2, 0.25) is 0 Å². The standard InChI is InChI=1S/C23H17NO4/c1-27-18-11-12-21-19(13-18)20(23(25)26)14-22(24-21)15-7-9-17(10-8-15)28-16-5-3-2-4-6-16/h2-14H,1H3,(H,25,26). The van der Waals surface area contributed by atoms with Crippen molar-refractivity contribution in [2.24, 2.45) is 0 Å². The number of ether oxygens (including phenoxy) is 2. The molecule has 0 aliphatic rings. The largest absolute Gasteiger partial charge is 0.497 e. The molecule has 1 aromatic heterocycles. The number of carbonyl (C=O) groups is 1. The molecule has 4 aromatic rings. The minimum Gasteiger partial charge on any atom is -0.497 e. The first-order valence-corrected chi connectivity index (χ1v) is 8.69. The van der Waals surface area contributed by atoms with Crippen LogP contribution in [0.1, 0.15) is 10.4 Å². The number of hydrogen-bond donors (Lipinski definition) is 1. The van der Waals surface area contributed by atoms with E-state index in [1.807, 2.05) is 54.6 Å². The summed E-state index contributed by atoms with van der Waals surface area (Å²) >= 11 is 0. The number of aromatic nitrogens is 1. The molecule has 5 heteroatoms. The molecule has 0 unspecified atom stereocenters. The van der Waals surface area contributed by atoms with Crippen LogP contribution in [0.3, 0.4) is 0 Å². The predicted octanol–water partition coefficient (Wildman–Crippen LogP) is 5.40. The lowest BCUT2D eigenvalue weighted by atomic mass is 10.0. The Morgan fingerprint density at radius 2 is 1.54 bits per heavy atom. The topological polar surface area (TPSA) is 68.7 Å². The van der Waals surface area contributed by atoms with Crippen molar-refractivity contribution < 1.29 is 19.4 Å². The van der Waals surface area contributed by atoms with E-state index in [1.54, 1.807) is 31.4 Å². The highest BCUT2D eigenvalue weighted by molar-refractivity contribution is 6.04. The van der Waals surface area contributed by atoms with E-state index < -0.39 is 5.97 Å². The van der Waals surface area contributed by atoms with E-state index in [9.17, 15) is 9.90 Å². The van der Waals surface area contributed by atoms with Gasteiger partial charge in [-0.3, -0.25) is 0 Å². The SMILES string of the molecule is COc1ccc2nc(-c3ccc(Oc4ccccc4)cc3)cc(C(=O)O)c2c1. The van der Waals surface area contributed by atoms with Gasteiger partial charge in [0.2, 0.25) is 0 Å². The van der Waals surface area contributed by atoms with Gasteiger partial charge >= 0.3 is 5.97 Å². The summed E-state index contributed by atoms with van der Waals surface area (Å²) in [6, 6.07) is 23.7. The highest BCUT2D eigenvalue weighted by atomic mass is 16.5. The second kappa shape index (κ2) is 7.40. The van der Waals surface area contributed by atoms with Crippen molar-refractivity contribution in [2.75, 3.05) is 7.11 Å². The van der Waals surface area contributed by atoms with Gasteiger partial charge in [0.1, 0.15) is 17.2 Å². The first kappa shape index (κ1) is 17.5. The Morgan fingerprint density at radius 3 is 2.21 bits per heavy atom. The maximum Gasteiger partial charge on any atom is 0.336 e. The van der Waals surface area contributed by atoms with E-state index in [0.717, 1.165) is 11.3 Å². The summed E-state index contributed by atoms with van der Waals surface area (Å²) in [7, 11) is 1.54. The maximum absolute atomic E-state index is 11.8. The van der Waals surface area contributed by atoms with Crippen LogP contribution in [0.5, 0.6) is 17.2 Å². The minimum absolute atomic E-state index is 0.184. The van der Waals surface area contributed by atoms with Crippen LogP contribution in [0.4, 0.5) is 0 Å². The molecule has 0 spiro atoms. The van der Waals surface area contributed by atoms with E-state index >= 15 is 0 Å². The smallest absolute Gasteiger partial charge is 0.336 e. The van der Waals surface area contributed by atoms with Gasteiger partial charge in [-0.25, -0.2) is 9.78 Å². The summed E-state index contributed by atoms with van der Waals surface area (Å²) < 4.78 is 11.0. The molecule has 0 aliphatic heterocycles. The van der Waals surface area contributed by atoms with Gasteiger partial charge in [0.25, 0.3) is 0 Å². The molecule has 3 aromatic carbocycles. The van der Waals surface area contributed by atoms with Gasteiger partial charge in [-0.05, 0) is 60.7 Å². The summed E-state index contributed by atoms with van der Waals surface area (Å²) in [4.78, 5) is 16.4. The minimum atomic E-state index is -1.01. The van der Waals surface area contributed by atoms with Gasteiger partial charge in [0.05, 0.1) is 23.9 Å². The van der Waals surface area contributed by atoms with Gasteiger partial charge in [-0.15, -0.1) is 0 Å². The van der Waals surface area contributed by atoms with Crippen LogP contribution < -0.4 is 9.47 Å². The van der Waals surface area contributed by atoms with Crippen LogP contribution in [-0.2, 0) is 0 Å². The van der Waals surface area contributed by atoms with Crippen molar-refractivity contribution >= 4 is 16.9 Å². The molecule has 4 rings (SSSR count). The molecule has 0 atom stereocenters. The first-order chi connectivity index (χ1) is 13.6. The van der Waals surface area contributed by atoms with E-state index in [1.165, 1.54) is 0 Å². The molecule has 0 radical (unpaired) electrons.